The largest absolute Gasteiger partial charge is 0.511 e. The lowest BCUT2D eigenvalue weighted by atomic mass is 9.54. The van der Waals surface area contributed by atoms with E-state index in [2.05, 4.69) is 36.4 Å². The van der Waals surface area contributed by atoms with Gasteiger partial charge >= 0.3 is 0 Å². The van der Waals surface area contributed by atoms with Crippen LogP contribution in [0.2, 0.25) is 0 Å². The molecule has 2 bridgehead atoms. The van der Waals surface area contributed by atoms with E-state index in [0.29, 0.717) is 5.57 Å². The van der Waals surface area contributed by atoms with Gasteiger partial charge in [-0.25, -0.2) is 0 Å². The molecule has 142 valence electrons. The molecular formula is C26H20O3. The van der Waals surface area contributed by atoms with Gasteiger partial charge in [0.25, 0.3) is 0 Å². The third kappa shape index (κ3) is 2.05. The average molecular weight is 380 g/mol. The van der Waals surface area contributed by atoms with E-state index in [0.717, 1.165) is 11.3 Å². The van der Waals surface area contributed by atoms with Crippen LogP contribution in [0.1, 0.15) is 39.7 Å². The number of aliphatic hydroxyl groups excluding tert-OH is 1. The molecule has 0 heterocycles. The van der Waals surface area contributed by atoms with Crippen molar-refractivity contribution in [2.75, 3.05) is 7.11 Å². The molecule has 3 aromatic carbocycles. The van der Waals surface area contributed by atoms with Gasteiger partial charge in [0.05, 0.1) is 12.7 Å². The zero-order valence-corrected chi connectivity index (χ0v) is 16.0. The summed E-state index contributed by atoms with van der Waals surface area (Å²) in [6, 6.07) is 24.2. The molecule has 0 radical (unpaired) electrons. The van der Waals surface area contributed by atoms with Gasteiger partial charge in [0.15, 0.2) is 5.78 Å². The summed E-state index contributed by atoms with van der Waals surface area (Å²) in [4.78, 5) is 13.7. The highest BCUT2D eigenvalue weighted by Crippen LogP contribution is 2.63. The fourth-order valence-corrected chi connectivity index (χ4v) is 5.83. The SMILES string of the molecule is COc1ccc(C2=C(O)[C@H]3C4c5ccccc5C(c5ccccc54)[C@H]3C2=O)cc1. The topological polar surface area (TPSA) is 46.5 Å². The normalized spacial score (nSPS) is 26.2. The summed E-state index contributed by atoms with van der Waals surface area (Å²) in [6.45, 7) is 0. The first-order valence-corrected chi connectivity index (χ1v) is 10.00. The third-order valence-corrected chi connectivity index (χ3v) is 6.94. The molecular weight excluding hydrogens is 360 g/mol. The van der Waals surface area contributed by atoms with E-state index in [9.17, 15) is 9.90 Å². The van der Waals surface area contributed by atoms with Crippen molar-refractivity contribution in [1.29, 1.82) is 0 Å². The number of allylic oxidation sites excluding steroid dienone is 2. The molecule has 29 heavy (non-hydrogen) atoms. The summed E-state index contributed by atoms with van der Waals surface area (Å²) < 4.78 is 5.25. The van der Waals surface area contributed by atoms with E-state index in [-0.39, 0.29) is 35.2 Å². The summed E-state index contributed by atoms with van der Waals surface area (Å²) in [6.07, 6.45) is 0. The van der Waals surface area contributed by atoms with Crippen LogP contribution in [-0.4, -0.2) is 18.0 Å². The number of rotatable bonds is 2. The molecule has 0 unspecified atom stereocenters. The number of methoxy groups -OCH3 is 1. The van der Waals surface area contributed by atoms with Crippen LogP contribution >= 0.6 is 0 Å². The molecule has 4 aliphatic rings. The zero-order valence-electron chi connectivity index (χ0n) is 16.0. The number of carbonyl (C=O) groups excluding carboxylic acids is 1. The van der Waals surface area contributed by atoms with Gasteiger partial charge in [-0.1, -0.05) is 60.7 Å². The minimum Gasteiger partial charge on any atom is -0.511 e. The predicted molar refractivity (Wildman–Crippen MR) is 111 cm³/mol. The molecule has 0 spiro atoms. The van der Waals surface area contributed by atoms with Crippen LogP contribution in [0.5, 0.6) is 5.75 Å². The molecule has 1 N–H and O–H groups in total. The first-order chi connectivity index (χ1) is 14.2. The van der Waals surface area contributed by atoms with Crippen molar-refractivity contribution in [2.24, 2.45) is 11.8 Å². The Morgan fingerprint density at radius 3 is 1.69 bits per heavy atom. The van der Waals surface area contributed by atoms with Crippen molar-refractivity contribution in [2.45, 2.75) is 11.8 Å². The number of ketones is 1. The summed E-state index contributed by atoms with van der Waals surface area (Å²) in [7, 11) is 1.62. The Bertz CT molecular complexity index is 1140. The summed E-state index contributed by atoms with van der Waals surface area (Å²) in [5, 5.41) is 11.3. The maximum absolute atomic E-state index is 13.7. The Hall–Kier alpha value is -3.33. The monoisotopic (exact) mass is 380 g/mol. The highest BCUT2D eigenvalue weighted by atomic mass is 16.5. The Balaban J connectivity index is 1.57. The zero-order chi connectivity index (χ0) is 19.7. The van der Waals surface area contributed by atoms with E-state index in [4.69, 9.17) is 4.74 Å². The molecule has 0 aromatic heterocycles. The van der Waals surface area contributed by atoms with Crippen LogP contribution in [0.25, 0.3) is 5.57 Å². The minimum atomic E-state index is -0.248. The second-order valence-electron chi connectivity index (χ2n) is 8.12. The maximum Gasteiger partial charge on any atom is 0.171 e. The molecule has 4 aliphatic carbocycles. The number of benzene rings is 3. The lowest BCUT2D eigenvalue weighted by molar-refractivity contribution is -0.118. The highest BCUT2D eigenvalue weighted by Gasteiger charge is 2.58. The summed E-state index contributed by atoms with van der Waals surface area (Å²) in [5.41, 5.74) is 6.18. The Kier molecular flexibility index (Phi) is 3.34. The predicted octanol–water partition coefficient (Wildman–Crippen LogP) is 5.07. The molecule has 0 fully saturated rings. The van der Waals surface area contributed by atoms with Gasteiger partial charge in [-0.15, -0.1) is 0 Å². The van der Waals surface area contributed by atoms with E-state index < -0.39 is 0 Å². The van der Waals surface area contributed by atoms with Crippen LogP contribution < -0.4 is 4.74 Å². The number of hydrogen-bond donors (Lipinski definition) is 1. The third-order valence-electron chi connectivity index (χ3n) is 6.94. The van der Waals surface area contributed by atoms with Gasteiger partial charge in [-0.2, -0.15) is 0 Å². The molecule has 0 aliphatic heterocycles. The Labute approximate surface area is 169 Å². The summed E-state index contributed by atoms with van der Waals surface area (Å²) >= 11 is 0. The number of carbonyl (C=O) groups is 1. The van der Waals surface area contributed by atoms with Crippen molar-refractivity contribution in [3.8, 4) is 5.75 Å². The van der Waals surface area contributed by atoms with Crippen molar-refractivity contribution >= 4 is 11.4 Å². The van der Waals surface area contributed by atoms with E-state index in [1.54, 1.807) is 7.11 Å². The number of hydrogen-bond acceptors (Lipinski definition) is 3. The standard InChI is InChI=1S/C26H20O3/c1-29-15-12-10-14(11-13-15)20-25(27)23-21-16-6-2-3-7-17(16)22(24(23)26(20)28)19-9-5-4-8-18(19)21/h2-13,21-24,27H,1H3/t21?,22?,23-,24+/m0/s1. The van der Waals surface area contributed by atoms with Crippen LogP contribution in [0, 0.1) is 11.8 Å². The van der Waals surface area contributed by atoms with Crippen molar-refractivity contribution in [3.63, 3.8) is 0 Å². The number of ether oxygens (including phenoxy) is 1. The first kappa shape index (κ1) is 16.6. The van der Waals surface area contributed by atoms with Gasteiger partial charge < -0.3 is 9.84 Å². The molecule has 0 saturated heterocycles. The van der Waals surface area contributed by atoms with Crippen LogP contribution in [0.15, 0.2) is 78.6 Å². The van der Waals surface area contributed by atoms with Gasteiger partial charge in [-0.3, -0.25) is 4.79 Å². The Morgan fingerprint density at radius 1 is 0.724 bits per heavy atom. The van der Waals surface area contributed by atoms with E-state index in [1.165, 1.54) is 22.3 Å². The second-order valence-corrected chi connectivity index (χ2v) is 8.12. The average Bonchev–Trinajstić information content (AvgIpc) is 3.04. The molecule has 3 aromatic rings. The fraction of sp³-hybridized carbons (Fsp3) is 0.192. The van der Waals surface area contributed by atoms with E-state index >= 15 is 0 Å². The highest BCUT2D eigenvalue weighted by molar-refractivity contribution is 6.25. The van der Waals surface area contributed by atoms with Gasteiger partial charge in [0.1, 0.15) is 11.5 Å². The van der Waals surface area contributed by atoms with Gasteiger partial charge in [0.2, 0.25) is 0 Å². The second kappa shape index (κ2) is 5.84. The fourth-order valence-electron chi connectivity index (χ4n) is 5.83. The van der Waals surface area contributed by atoms with Crippen LogP contribution in [0.3, 0.4) is 0 Å². The molecule has 7 rings (SSSR count). The molecule has 3 nitrogen and oxygen atoms in total. The van der Waals surface area contributed by atoms with Gasteiger partial charge in [0, 0.05) is 23.7 Å². The minimum absolute atomic E-state index is 0.0112. The lowest BCUT2D eigenvalue weighted by Crippen LogP contribution is -2.41. The van der Waals surface area contributed by atoms with Crippen molar-refractivity contribution in [1.82, 2.24) is 0 Å². The van der Waals surface area contributed by atoms with E-state index in [1.807, 2.05) is 36.4 Å². The molecule has 2 atom stereocenters. The molecule has 0 amide bonds. The van der Waals surface area contributed by atoms with Crippen LogP contribution in [-0.2, 0) is 4.79 Å². The maximum atomic E-state index is 13.7. The van der Waals surface area contributed by atoms with Gasteiger partial charge in [-0.05, 0) is 39.9 Å². The van der Waals surface area contributed by atoms with Crippen molar-refractivity contribution in [3.05, 3.63) is 106 Å². The number of Topliss-reactive ketones (excluding diaryl/α,β-unsaturated/α-hetero) is 1. The smallest absolute Gasteiger partial charge is 0.171 e. The van der Waals surface area contributed by atoms with Crippen LogP contribution in [0.4, 0.5) is 0 Å². The molecule has 3 heteroatoms. The number of aliphatic hydroxyl groups is 1. The quantitative estimate of drug-likeness (QED) is 0.675. The summed E-state index contributed by atoms with van der Waals surface area (Å²) in [5.74, 6) is 0.577. The van der Waals surface area contributed by atoms with Crippen molar-refractivity contribution < 1.29 is 14.6 Å². The molecule has 0 saturated carbocycles. The Morgan fingerprint density at radius 2 is 1.21 bits per heavy atom. The first-order valence-electron chi connectivity index (χ1n) is 10.00. The lowest BCUT2D eigenvalue weighted by Gasteiger charge is -2.47.